The Morgan fingerprint density at radius 3 is 2.36 bits per heavy atom. The fraction of sp³-hybridized carbons (Fsp3) is 0.316. The number of anilines is 2. The second-order valence-electron chi connectivity index (χ2n) is 6.00. The summed E-state index contributed by atoms with van der Waals surface area (Å²) in [5.41, 5.74) is 6.46. The molecule has 1 saturated heterocycles. The van der Waals surface area contributed by atoms with E-state index < -0.39 is 0 Å². The number of nitrogens with one attached hydrogen (secondary N) is 1. The SMILES string of the molecule is CC1CCN(c2ccc(C=NNc3ccccc3)cc2)CC1. The van der Waals surface area contributed by atoms with Crippen LogP contribution < -0.4 is 10.3 Å². The van der Waals surface area contributed by atoms with Gasteiger partial charge in [-0.1, -0.05) is 37.3 Å². The summed E-state index contributed by atoms with van der Waals surface area (Å²) in [4.78, 5) is 2.48. The quantitative estimate of drug-likeness (QED) is 0.669. The summed E-state index contributed by atoms with van der Waals surface area (Å²) in [5.74, 6) is 0.867. The lowest BCUT2D eigenvalue weighted by molar-refractivity contribution is 0.438. The minimum absolute atomic E-state index is 0.867. The molecule has 1 aliphatic heterocycles. The van der Waals surface area contributed by atoms with Crippen LogP contribution >= 0.6 is 0 Å². The number of rotatable bonds is 4. The summed E-state index contributed by atoms with van der Waals surface area (Å²) in [6, 6.07) is 18.6. The smallest absolute Gasteiger partial charge is 0.0561 e. The zero-order valence-corrected chi connectivity index (χ0v) is 13.1. The Labute approximate surface area is 132 Å². The largest absolute Gasteiger partial charge is 0.372 e. The first-order valence-electron chi connectivity index (χ1n) is 8.00. The lowest BCUT2D eigenvalue weighted by Crippen LogP contribution is -2.32. The van der Waals surface area contributed by atoms with Gasteiger partial charge in [-0.3, -0.25) is 5.43 Å². The van der Waals surface area contributed by atoms with Crippen LogP contribution in [0.15, 0.2) is 59.7 Å². The predicted molar refractivity (Wildman–Crippen MR) is 94.7 cm³/mol. The average Bonchev–Trinajstić information content (AvgIpc) is 2.57. The van der Waals surface area contributed by atoms with Crippen molar-refractivity contribution in [2.24, 2.45) is 11.0 Å². The van der Waals surface area contributed by atoms with Crippen molar-refractivity contribution in [3.63, 3.8) is 0 Å². The highest BCUT2D eigenvalue weighted by atomic mass is 15.3. The van der Waals surface area contributed by atoms with Crippen molar-refractivity contribution in [2.45, 2.75) is 19.8 Å². The van der Waals surface area contributed by atoms with Crippen LogP contribution in [0.2, 0.25) is 0 Å². The summed E-state index contributed by atoms with van der Waals surface area (Å²) in [5, 5.41) is 4.28. The Morgan fingerprint density at radius 2 is 1.68 bits per heavy atom. The van der Waals surface area contributed by atoms with Crippen molar-refractivity contribution in [3.8, 4) is 0 Å². The third-order valence-electron chi connectivity index (χ3n) is 4.22. The molecule has 0 saturated carbocycles. The van der Waals surface area contributed by atoms with Gasteiger partial charge in [0, 0.05) is 18.8 Å². The highest BCUT2D eigenvalue weighted by Crippen LogP contribution is 2.22. The standard InChI is InChI=1S/C19H23N3/c1-16-11-13-22(14-12-16)19-9-7-17(8-10-19)15-20-21-18-5-3-2-4-6-18/h2-10,15-16,21H,11-14H2,1H3. The van der Waals surface area contributed by atoms with Crippen LogP contribution in [0, 0.1) is 5.92 Å². The monoisotopic (exact) mass is 293 g/mol. The van der Waals surface area contributed by atoms with E-state index in [4.69, 9.17) is 0 Å². The third-order valence-corrected chi connectivity index (χ3v) is 4.22. The van der Waals surface area contributed by atoms with Gasteiger partial charge in [0.25, 0.3) is 0 Å². The molecule has 1 heterocycles. The van der Waals surface area contributed by atoms with Gasteiger partial charge < -0.3 is 4.90 Å². The lowest BCUT2D eigenvalue weighted by atomic mass is 9.99. The minimum Gasteiger partial charge on any atom is -0.372 e. The third kappa shape index (κ3) is 3.88. The Hall–Kier alpha value is -2.29. The van der Waals surface area contributed by atoms with Crippen LogP contribution in [0.1, 0.15) is 25.3 Å². The highest BCUT2D eigenvalue weighted by molar-refractivity contribution is 5.81. The molecule has 1 N–H and O–H groups in total. The number of benzene rings is 2. The molecule has 0 radical (unpaired) electrons. The molecule has 3 rings (SSSR count). The number of piperidine rings is 1. The van der Waals surface area contributed by atoms with Crippen molar-refractivity contribution in [3.05, 3.63) is 60.2 Å². The number of nitrogens with zero attached hydrogens (tertiary/aromatic N) is 2. The van der Waals surface area contributed by atoms with Gasteiger partial charge in [-0.05, 0) is 48.6 Å². The fourth-order valence-corrected chi connectivity index (χ4v) is 2.73. The molecule has 0 spiro atoms. The second-order valence-corrected chi connectivity index (χ2v) is 6.00. The van der Waals surface area contributed by atoms with E-state index in [0.717, 1.165) is 17.2 Å². The fourth-order valence-electron chi connectivity index (χ4n) is 2.73. The molecule has 22 heavy (non-hydrogen) atoms. The summed E-state index contributed by atoms with van der Waals surface area (Å²) >= 11 is 0. The van der Waals surface area contributed by atoms with Crippen LogP contribution in [0.3, 0.4) is 0 Å². The molecular formula is C19H23N3. The average molecular weight is 293 g/mol. The maximum atomic E-state index is 4.28. The Bertz CT molecular complexity index is 596. The van der Waals surface area contributed by atoms with E-state index in [-0.39, 0.29) is 0 Å². The Balaban J connectivity index is 1.57. The van der Waals surface area contributed by atoms with Gasteiger partial charge in [0.1, 0.15) is 0 Å². The zero-order chi connectivity index (χ0) is 15.2. The molecule has 0 aromatic heterocycles. The minimum atomic E-state index is 0.867. The summed E-state index contributed by atoms with van der Waals surface area (Å²) < 4.78 is 0. The van der Waals surface area contributed by atoms with E-state index in [1.54, 1.807) is 0 Å². The van der Waals surface area contributed by atoms with Gasteiger partial charge in [0.05, 0.1) is 11.9 Å². The first-order valence-corrected chi connectivity index (χ1v) is 8.00. The molecule has 114 valence electrons. The van der Waals surface area contributed by atoms with E-state index in [2.05, 4.69) is 46.6 Å². The highest BCUT2D eigenvalue weighted by Gasteiger charge is 2.15. The van der Waals surface area contributed by atoms with E-state index in [0.29, 0.717) is 0 Å². The number of hydrazone groups is 1. The lowest BCUT2D eigenvalue weighted by Gasteiger charge is -2.32. The molecule has 0 aliphatic carbocycles. The van der Waals surface area contributed by atoms with Crippen molar-refractivity contribution in [1.29, 1.82) is 0 Å². The molecule has 2 aromatic rings. The number of para-hydroxylation sites is 1. The topological polar surface area (TPSA) is 27.6 Å². The van der Waals surface area contributed by atoms with Crippen LogP contribution in [0.25, 0.3) is 0 Å². The van der Waals surface area contributed by atoms with Crippen LogP contribution in [-0.2, 0) is 0 Å². The maximum Gasteiger partial charge on any atom is 0.0561 e. The first kappa shape index (κ1) is 14.6. The Kier molecular flexibility index (Phi) is 4.74. The van der Waals surface area contributed by atoms with Crippen LogP contribution in [0.5, 0.6) is 0 Å². The Morgan fingerprint density at radius 1 is 1.00 bits per heavy atom. The summed E-state index contributed by atoms with van der Waals surface area (Å²) in [7, 11) is 0. The van der Waals surface area contributed by atoms with Crippen molar-refractivity contribution >= 4 is 17.6 Å². The molecule has 2 aromatic carbocycles. The summed E-state index contributed by atoms with van der Waals surface area (Å²) in [6.07, 6.45) is 4.45. The molecule has 3 nitrogen and oxygen atoms in total. The van der Waals surface area contributed by atoms with Crippen molar-refractivity contribution < 1.29 is 0 Å². The molecule has 1 fully saturated rings. The molecule has 0 atom stereocenters. The zero-order valence-electron chi connectivity index (χ0n) is 13.1. The first-order chi connectivity index (χ1) is 10.8. The number of hydrogen-bond donors (Lipinski definition) is 1. The van der Waals surface area contributed by atoms with Gasteiger partial charge in [-0.15, -0.1) is 0 Å². The predicted octanol–water partition coefficient (Wildman–Crippen LogP) is 4.37. The van der Waals surface area contributed by atoms with Crippen molar-refractivity contribution in [1.82, 2.24) is 0 Å². The van der Waals surface area contributed by atoms with Crippen LogP contribution in [-0.4, -0.2) is 19.3 Å². The van der Waals surface area contributed by atoms with E-state index in [1.807, 2.05) is 36.5 Å². The van der Waals surface area contributed by atoms with E-state index in [9.17, 15) is 0 Å². The molecule has 0 amide bonds. The molecule has 0 bridgehead atoms. The summed E-state index contributed by atoms with van der Waals surface area (Å²) in [6.45, 7) is 4.69. The number of hydrogen-bond acceptors (Lipinski definition) is 3. The van der Waals surface area contributed by atoms with Crippen LogP contribution in [0.4, 0.5) is 11.4 Å². The van der Waals surface area contributed by atoms with Gasteiger partial charge in [0.2, 0.25) is 0 Å². The molecule has 1 aliphatic rings. The van der Waals surface area contributed by atoms with Gasteiger partial charge in [0.15, 0.2) is 0 Å². The van der Waals surface area contributed by atoms with Gasteiger partial charge in [-0.2, -0.15) is 5.10 Å². The van der Waals surface area contributed by atoms with Gasteiger partial charge in [-0.25, -0.2) is 0 Å². The normalized spacial score (nSPS) is 16.1. The molecule has 3 heteroatoms. The molecule has 0 unspecified atom stereocenters. The molecular weight excluding hydrogens is 270 g/mol. The maximum absolute atomic E-state index is 4.28. The van der Waals surface area contributed by atoms with E-state index >= 15 is 0 Å². The van der Waals surface area contributed by atoms with E-state index in [1.165, 1.54) is 31.6 Å². The van der Waals surface area contributed by atoms with Gasteiger partial charge >= 0.3 is 0 Å². The second kappa shape index (κ2) is 7.12. The van der Waals surface area contributed by atoms with Crippen molar-refractivity contribution in [2.75, 3.05) is 23.4 Å².